The Hall–Kier alpha value is -2.38. The number of nitrogens with one attached hydrogen (secondary N) is 1. The van der Waals surface area contributed by atoms with E-state index >= 15 is 0 Å². The molecular weight excluding hydrogens is 388 g/mol. The molecule has 0 unspecified atom stereocenters. The van der Waals surface area contributed by atoms with Gasteiger partial charge in [-0.1, -0.05) is 50.3 Å². The summed E-state index contributed by atoms with van der Waals surface area (Å²) in [6.45, 7) is 0.450. The first-order valence-electron chi connectivity index (χ1n) is 10.1. The third-order valence-corrected chi connectivity index (χ3v) is 6.80. The first-order valence-corrected chi connectivity index (χ1v) is 11.5. The third kappa shape index (κ3) is 6.05. The van der Waals surface area contributed by atoms with E-state index in [0.29, 0.717) is 23.9 Å². The topological polar surface area (TPSA) is 75.7 Å². The number of para-hydroxylation sites is 1. The van der Waals surface area contributed by atoms with Gasteiger partial charge in [-0.15, -0.1) is 0 Å². The summed E-state index contributed by atoms with van der Waals surface area (Å²) in [7, 11) is -1.95. The van der Waals surface area contributed by atoms with Crippen molar-refractivity contribution in [2.45, 2.75) is 43.4 Å². The van der Waals surface area contributed by atoms with Crippen molar-refractivity contribution in [2.24, 2.45) is 5.92 Å². The lowest BCUT2D eigenvalue weighted by Gasteiger charge is -2.21. The lowest BCUT2D eigenvalue weighted by molar-refractivity contribution is 0.209. The van der Waals surface area contributed by atoms with Gasteiger partial charge in [0.1, 0.15) is 5.75 Å². The Kier molecular flexibility index (Phi) is 7.28. The summed E-state index contributed by atoms with van der Waals surface area (Å²) < 4.78 is 33.0. The van der Waals surface area contributed by atoms with Gasteiger partial charge in [-0.25, -0.2) is 17.9 Å². The maximum atomic E-state index is 12.5. The second kappa shape index (κ2) is 9.89. The molecular formula is C22H28N2O4S. The van der Waals surface area contributed by atoms with E-state index in [2.05, 4.69) is 4.72 Å². The van der Waals surface area contributed by atoms with Crippen LogP contribution in [0.25, 0.3) is 0 Å². The highest BCUT2D eigenvalue weighted by Crippen LogP contribution is 2.26. The predicted octanol–water partition coefficient (Wildman–Crippen LogP) is 4.57. The largest absolute Gasteiger partial charge is 0.419 e. The van der Waals surface area contributed by atoms with Gasteiger partial charge < -0.3 is 4.74 Å². The second-order valence-corrected chi connectivity index (χ2v) is 9.19. The average molecular weight is 417 g/mol. The van der Waals surface area contributed by atoms with Gasteiger partial charge in [0.15, 0.2) is 0 Å². The predicted molar refractivity (Wildman–Crippen MR) is 114 cm³/mol. The van der Waals surface area contributed by atoms with Crippen molar-refractivity contribution in [3.05, 3.63) is 54.6 Å². The van der Waals surface area contributed by atoms with Gasteiger partial charge in [0.05, 0.1) is 4.90 Å². The van der Waals surface area contributed by atoms with Crippen molar-refractivity contribution < 1.29 is 17.9 Å². The van der Waals surface area contributed by atoms with Crippen LogP contribution in [-0.4, -0.2) is 28.1 Å². The van der Waals surface area contributed by atoms with E-state index in [1.165, 1.54) is 61.3 Å². The Balaban J connectivity index is 1.53. The molecule has 0 aliphatic heterocycles. The number of amides is 1. The zero-order valence-corrected chi connectivity index (χ0v) is 17.5. The van der Waals surface area contributed by atoms with E-state index < -0.39 is 16.1 Å². The van der Waals surface area contributed by atoms with Crippen molar-refractivity contribution in [2.75, 3.05) is 18.5 Å². The zero-order valence-electron chi connectivity index (χ0n) is 16.7. The van der Waals surface area contributed by atoms with E-state index in [1.54, 1.807) is 19.2 Å². The Morgan fingerprint density at radius 3 is 2.34 bits per heavy atom. The smallest absolute Gasteiger partial charge is 0.410 e. The molecule has 1 N–H and O–H groups in total. The van der Waals surface area contributed by atoms with Crippen molar-refractivity contribution in [3.8, 4) is 5.75 Å². The summed E-state index contributed by atoms with van der Waals surface area (Å²) in [5, 5.41) is 0. The first kappa shape index (κ1) is 21.3. The van der Waals surface area contributed by atoms with Crippen molar-refractivity contribution in [1.82, 2.24) is 4.72 Å². The van der Waals surface area contributed by atoms with Crippen LogP contribution >= 0.6 is 0 Å². The summed E-state index contributed by atoms with van der Waals surface area (Å²) in [5.74, 6) is 0.911. The number of ether oxygens (including phenoxy) is 1. The molecule has 2 aromatic carbocycles. The first-order chi connectivity index (χ1) is 14.0. The number of benzene rings is 2. The third-order valence-electron chi connectivity index (χ3n) is 5.33. The van der Waals surface area contributed by atoms with Crippen molar-refractivity contribution >= 4 is 21.8 Å². The maximum Gasteiger partial charge on any atom is 0.419 e. The minimum Gasteiger partial charge on any atom is -0.410 e. The molecule has 6 nitrogen and oxygen atoms in total. The Labute approximate surface area is 172 Å². The normalized spacial score (nSPS) is 15.1. The molecule has 0 aromatic heterocycles. The summed E-state index contributed by atoms with van der Waals surface area (Å²) in [5.41, 5.74) is 0.707. The van der Waals surface area contributed by atoms with Crippen LogP contribution in [-0.2, 0) is 10.0 Å². The molecule has 29 heavy (non-hydrogen) atoms. The molecule has 1 aliphatic rings. The van der Waals surface area contributed by atoms with Crippen LogP contribution in [0.4, 0.5) is 10.5 Å². The van der Waals surface area contributed by atoms with Gasteiger partial charge in [0.2, 0.25) is 10.0 Å². The molecule has 0 heterocycles. The molecule has 1 amide bonds. The Morgan fingerprint density at radius 1 is 1.03 bits per heavy atom. The zero-order chi connectivity index (χ0) is 20.7. The molecule has 7 heteroatoms. The Morgan fingerprint density at radius 2 is 1.69 bits per heavy atom. The van der Waals surface area contributed by atoms with Gasteiger partial charge >= 0.3 is 6.09 Å². The number of carbonyl (C=O) groups is 1. The fourth-order valence-electron chi connectivity index (χ4n) is 3.57. The summed E-state index contributed by atoms with van der Waals surface area (Å²) in [6.07, 6.45) is 6.51. The maximum absolute atomic E-state index is 12.5. The quantitative estimate of drug-likeness (QED) is 0.717. The SMILES string of the molecule is CN(C(=O)Oc1ccc(S(=O)(=O)NCCC2CCCCC2)cc1)c1ccccc1. The number of carbonyl (C=O) groups excluding carboxylic acids is 1. The standard InChI is InChI=1S/C22H28N2O4S/c1-24(19-10-6-3-7-11-19)22(25)28-20-12-14-21(15-13-20)29(26,27)23-17-16-18-8-4-2-5-9-18/h3,6-7,10-15,18,23H,2,4-5,8-9,16-17H2,1H3. The molecule has 156 valence electrons. The highest BCUT2D eigenvalue weighted by molar-refractivity contribution is 7.89. The lowest BCUT2D eigenvalue weighted by atomic mass is 9.87. The van der Waals surface area contributed by atoms with Gasteiger partial charge in [-0.3, -0.25) is 4.90 Å². The molecule has 2 aromatic rings. The van der Waals surface area contributed by atoms with E-state index in [4.69, 9.17) is 4.74 Å². The molecule has 0 atom stereocenters. The molecule has 1 aliphatic carbocycles. The van der Waals surface area contributed by atoms with E-state index in [9.17, 15) is 13.2 Å². The number of hydrogen-bond acceptors (Lipinski definition) is 4. The fraction of sp³-hybridized carbons (Fsp3) is 0.409. The van der Waals surface area contributed by atoms with Crippen LogP contribution in [0.5, 0.6) is 5.75 Å². The number of rotatable bonds is 7. The minimum atomic E-state index is -3.57. The number of anilines is 1. The lowest BCUT2D eigenvalue weighted by Crippen LogP contribution is -2.29. The van der Waals surface area contributed by atoms with E-state index in [0.717, 1.165) is 6.42 Å². The van der Waals surface area contributed by atoms with Crippen LogP contribution in [0.2, 0.25) is 0 Å². The van der Waals surface area contributed by atoms with Gasteiger partial charge in [0, 0.05) is 19.3 Å². The van der Waals surface area contributed by atoms with Crippen LogP contribution in [0, 0.1) is 5.92 Å². The highest BCUT2D eigenvalue weighted by atomic mass is 32.2. The van der Waals surface area contributed by atoms with Crippen molar-refractivity contribution in [1.29, 1.82) is 0 Å². The molecule has 1 fully saturated rings. The Bertz CT molecular complexity index is 892. The van der Waals surface area contributed by atoms with E-state index in [1.807, 2.05) is 18.2 Å². The minimum absolute atomic E-state index is 0.164. The fourth-order valence-corrected chi connectivity index (χ4v) is 4.62. The van der Waals surface area contributed by atoms with Gasteiger partial charge in [-0.2, -0.15) is 0 Å². The molecule has 0 radical (unpaired) electrons. The summed E-state index contributed by atoms with van der Waals surface area (Å²) in [4.78, 5) is 13.8. The molecule has 0 spiro atoms. The number of hydrogen-bond donors (Lipinski definition) is 1. The monoisotopic (exact) mass is 416 g/mol. The second-order valence-electron chi connectivity index (χ2n) is 7.42. The van der Waals surface area contributed by atoms with Gasteiger partial charge in [-0.05, 0) is 48.7 Å². The molecule has 3 rings (SSSR count). The van der Waals surface area contributed by atoms with Crippen LogP contribution in [0.1, 0.15) is 38.5 Å². The van der Waals surface area contributed by atoms with Crippen LogP contribution < -0.4 is 14.4 Å². The highest BCUT2D eigenvalue weighted by Gasteiger charge is 2.18. The summed E-state index contributed by atoms with van der Waals surface area (Å²) >= 11 is 0. The summed E-state index contributed by atoms with van der Waals surface area (Å²) in [6, 6.07) is 15.0. The van der Waals surface area contributed by atoms with Crippen LogP contribution in [0.15, 0.2) is 59.5 Å². The van der Waals surface area contributed by atoms with Gasteiger partial charge in [0.25, 0.3) is 0 Å². The molecule has 0 bridgehead atoms. The number of nitrogens with zero attached hydrogens (tertiary/aromatic N) is 1. The average Bonchev–Trinajstić information content (AvgIpc) is 2.75. The van der Waals surface area contributed by atoms with E-state index in [-0.39, 0.29) is 4.90 Å². The van der Waals surface area contributed by atoms with Crippen molar-refractivity contribution in [3.63, 3.8) is 0 Å². The number of sulfonamides is 1. The van der Waals surface area contributed by atoms with Crippen LogP contribution in [0.3, 0.4) is 0 Å². The molecule has 0 saturated heterocycles. The molecule has 1 saturated carbocycles.